The summed E-state index contributed by atoms with van der Waals surface area (Å²) in [5, 5.41) is 0. The SMILES string of the molecule is CCCCCN(c1nc(F)c(F)cc1F)C(C)C. The van der Waals surface area contributed by atoms with Crippen LogP contribution in [0, 0.1) is 17.6 Å². The Balaban J connectivity index is 2.95. The highest BCUT2D eigenvalue weighted by molar-refractivity contribution is 5.41. The second-order valence-corrected chi connectivity index (χ2v) is 4.56. The summed E-state index contributed by atoms with van der Waals surface area (Å²) in [5.41, 5.74) is 0. The van der Waals surface area contributed by atoms with E-state index < -0.39 is 17.6 Å². The van der Waals surface area contributed by atoms with Gasteiger partial charge < -0.3 is 4.90 Å². The van der Waals surface area contributed by atoms with E-state index in [2.05, 4.69) is 11.9 Å². The molecule has 2 nitrogen and oxygen atoms in total. The number of halogens is 3. The number of aromatic nitrogens is 1. The second kappa shape index (κ2) is 6.61. The van der Waals surface area contributed by atoms with E-state index in [1.54, 1.807) is 4.90 Å². The van der Waals surface area contributed by atoms with E-state index in [4.69, 9.17) is 0 Å². The van der Waals surface area contributed by atoms with Crippen LogP contribution in [-0.2, 0) is 0 Å². The number of anilines is 1. The third kappa shape index (κ3) is 3.62. The van der Waals surface area contributed by atoms with E-state index >= 15 is 0 Å². The molecule has 102 valence electrons. The molecule has 0 N–H and O–H groups in total. The zero-order valence-corrected chi connectivity index (χ0v) is 11.0. The molecule has 1 rings (SSSR count). The lowest BCUT2D eigenvalue weighted by Crippen LogP contribution is -2.33. The van der Waals surface area contributed by atoms with Crippen LogP contribution in [0.3, 0.4) is 0 Å². The number of hydrogen-bond acceptors (Lipinski definition) is 2. The minimum atomic E-state index is -1.26. The summed E-state index contributed by atoms with van der Waals surface area (Å²) in [4.78, 5) is 5.04. The maximum Gasteiger partial charge on any atom is 0.251 e. The molecule has 5 heteroatoms. The molecule has 0 unspecified atom stereocenters. The normalized spacial score (nSPS) is 11.1. The first-order valence-electron chi connectivity index (χ1n) is 6.25. The van der Waals surface area contributed by atoms with Gasteiger partial charge in [0.2, 0.25) is 0 Å². The van der Waals surface area contributed by atoms with Crippen molar-refractivity contribution in [2.75, 3.05) is 11.4 Å². The van der Waals surface area contributed by atoms with Crippen molar-refractivity contribution in [3.63, 3.8) is 0 Å². The summed E-state index contributed by atoms with van der Waals surface area (Å²) in [6.07, 6.45) is 2.92. The summed E-state index contributed by atoms with van der Waals surface area (Å²) in [6, 6.07) is 0.529. The largest absolute Gasteiger partial charge is 0.352 e. The molecular weight excluding hydrogens is 241 g/mol. The van der Waals surface area contributed by atoms with Gasteiger partial charge in [0.15, 0.2) is 17.5 Å². The van der Waals surface area contributed by atoms with E-state index in [0.717, 1.165) is 19.3 Å². The van der Waals surface area contributed by atoms with Gasteiger partial charge in [-0.15, -0.1) is 0 Å². The molecule has 0 saturated carbocycles. The second-order valence-electron chi connectivity index (χ2n) is 4.56. The van der Waals surface area contributed by atoms with Crippen molar-refractivity contribution in [1.29, 1.82) is 0 Å². The topological polar surface area (TPSA) is 16.1 Å². The van der Waals surface area contributed by atoms with E-state index in [9.17, 15) is 13.2 Å². The number of rotatable bonds is 6. The minimum absolute atomic E-state index is 0.0197. The predicted octanol–water partition coefficient (Wildman–Crippen LogP) is 3.90. The van der Waals surface area contributed by atoms with Crippen molar-refractivity contribution in [1.82, 2.24) is 4.98 Å². The van der Waals surface area contributed by atoms with Crippen LogP contribution in [0.25, 0.3) is 0 Å². The van der Waals surface area contributed by atoms with Crippen molar-refractivity contribution in [3.8, 4) is 0 Å². The predicted molar refractivity (Wildman–Crippen MR) is 66.1 cm³/mol. The first-order valence-corrected chi connectivity index (χ1v) is 6.25. The maximum absolute atomic E-state index is 13.6. The molecule has 0 saturated heterocycles. The molecule has 0 aliphatic carbocycles. The molecule has 0 aromatic carbocycles. The van der Waals surface area contributed by atoms with Crippen LogP contribution in [0.5, 0.6) is 0 Å². The number of unbranched alkanes of at least 4 members (excludes halogenated alkanes) is 2. The first kappa shape index (κ1) is 14.8. The maximum atomic E-state index is 13.6. The average Bonchev–Trinajstić information content (AvgIpc) is 2.30. The fourth-order valence-corrected chi connectivity index (χ4v) is 1.78. The molecule has 0 fully saturated rings. The fraction of sp³-hybridized carbons (Fsp3) is 0.615. The van der Waals surface area contributed by atoms with Crippen molar-refractivity contribution in [3.05, 3.63) is 23.6 Å². The summed E-state index contributed by atoms with van der Waals surface area (Å²) < 4.78 is 39.6. The molecular formula is C13H19F3N2. The van der Waals surface area contributed by atoms with Gasteiger partial charge in [0.25, 0.3) is 5.95 Å². The van der Waals surface area contributed by atoms with Gasteiger partial charge in [-0.1, -0.05) is 19.8 Å². The van der Waals surface area contributed by atoms with Crippen molar-refractivity contribution >= 4 is 5.82 Å². The summed E-state index contributed by atoms with van der Waals surface area (Å²) in [5.74, 6) is -3.44. The van der Waals surface area contributed by atoms with Crippen LogP contribution < -0.4 is 4.90 Å². The van der Waals surface area contributed by atoms with Crippen LogP contribution >= 0.6 is 0 Å². The van der Waals surface area contributed by atoms with Crippen LogP contribution in [0.1, 0.15) is 40.0 Å². The Kier molecular flexibility index (Phi) is 5.44. The molecule has 0 amide bonds. The lowest BCUT2D eigenvalue weighted by atomic mass is 10.2. The Morgan fingerprint density at radius 3 is 2.39 bits per heavy atom. The van der Waals surface area contributed by atoms with Crippen molar-refractivity contribution in [2.24, 2.45) is 0 Å². The standard InChI is InChI=1S/C13H19F3N2/c1-4-5-6-7-18(9(2)3)13-11(15)8-10(14)12(16)17-13/h8-9H,4-7H2,1-3H3. The van der Waals surface area contributed by atoms with Crippen LogP contribution in [0.15, 0.2) is 6.07 Å². The lowest BCUT2D eigenvalue weighted by Gasteiger charge is -2.28. The Bertz CT molecular complexity index is 394. The number of hydrogen-bond donors (Lipinski definition) is 0. The molecule has 0 aliphatic rings. The fourth-order valence-electron chi connectivity index (χ4n) is 1.78. The smallest absolute Gasteiger partial charge is 0.251 e. The zero-order chi connectivity index (χ0) is 13.7. The summed E-state index contributed by atoms with van der Waals surface area (Å²) in [7, 11) is 0. The van der Waals surface area contributed by atoms with Crippen molar-refractivity contribution in [2.45, 2.75) is 46.1 Å². The van der Waals surface area contributed by atoms with Crippen molar-refractivity contribution < 1.29 is 13.2 Å². The lowest BCUT2D eigenvalue weighted by molar-refractivity contribution is 0.459. The molecule has 0 bridgehead atoms. The third-order valence-electron chi connectivity index (χ3n) is 2.77. The highest BCUT2D eigenvalue weighted by Gasteiger charge is 2.19. The molecule has 0 atom stereocenters. The molecule has 1 heterocycles. The molecule has 0 spiro atoms. The van der Waals surface area contributed by atoms with Crippen LogP contribution in [0.2, 0.25) is 0 Å². The highest BCUT2D eigenvalue weighted by atomic mass is 19.2. The first-order chi connectivity index (χ1) is 8.47. The van der Waals surface area contributed by atoms with Gasteiger partial charge in [-0.05, 0) is 20.3 Å². The molecule has 1 aromatic heterocycles. The van der Waals surface area contributed by atoms with E-state index in [-0.39, 0.29) is 11.9 Å². The molecule has 18 heavy (non-hydrogen) atoms. The number of pyridine rings is 1. The average molecular weight is 260 g/mol. The van der Waals surface area contributed by atoms with E-state index in [1.165, 1.54) is 0 Å². The van der Waals surface area contributed by atoms with Gasteiger partial charge in [0.1, 0.15) is 0 Å². The van der Waals surface area contributed by atoms with Gasteiger partial charge in [0, 0.05) is 18.7 Å². The van der Waals surface area contributed by atoms with Gasteiger partial charge in [-0.2, -0.15) is 9.37 Å². The Morgan fingerprint density at radius 1 is 1.17 bits per heavy atom. The van der Waals surface area contributed by atoms with Gasteiger partial charge in [-0.3, -0.25) is 0 Å². The van der Waals surface area contributed by atoms with Crippen LogP contribution in [-0.4, -0.2) is 17.6 Å². The molecule has 0 aliphatic heterocycles. The Labute approximate surface area is 106 Å². The zero-order valence-electron chi connectivity index (χ0n) is 11.0. The van der Waals surface area contributed by atoms with E-state index in [0.29, 0.717) is 12.6 Å². The van der Waals surface area contributed by atoms with Crippen LogP contribution in [0.4, 0.5) is 19.0 Å². The summed E-state index contributed by atoms with van der Waals surface area (Å²) in [6.45, 7) is 6.39. The van der Waals surface area contributed by atoms with Gasteiger partial charge in [0.05, 0.1) is 0 Å². The van der Waals surface area contributed by atoms with Gasteiger partial charge in [-0.25, -0.2) is 8.78 Å². The quantitative estimate of drug-likeness (QED) is 0.569. The number of nitrogens with zero attached hydrogens (tertiary/aromatic N) is 2. The van der Waals surface area contributed by atoms with Gasteiger partial charge >= 0.3 is 0 Å². The monoisotopic (exact) mass is 260 g/mol. The molecule has 0 radical (unpaired) electrons. The summed E-state index contributed by atoms with van der Waals surface area (Å²) >= 11 is 0. The third-order valence-corrected chi connectivity index (χ3v) is 2.77. The highest BCUT2D eigenvalue weighted by Crippen LogP contribution is 2.21. The van der Waals surface area contributed by atoms with E-state index in [1.807, 2.05) is 13.8 Å². The minimum Gasteiger partial charge on any atom is -0.352 e. The molecule has 1 aromatic rings. The Hall–Kier alpha value is -1.26. The Morgan fingerprint density at radius 2 is 1.83 bits per heavy atom.